The lowest BCUT2D eigenvalue weighted by Crippen LogP contribution is -2.44. The maximum Gasteiger partial charge on any atom is 0.257 e. The maximum atomic E-state index is 13.8. The highest BCUT2D eigenvalue weighted by Gasteiger charge is 2.34. The normalized spacial score (nSPS) is 15.6. The summed E-state index contributed by atoms with van der Waals surface area (Å²) in [6.07, 6.45) is 2.69. The van der Waals surface area contributed by atoms with Crippen LogP contribution >= 0.6 is 0 Å². The molecule has 32 heavy (non-hydrogen) atoms. The van der Waals surface area contributed by atoms with Gasteiger partial charge in [0.1, 0.15) is 23.5 Å². The van der Waals surface area contributed by atoms with Crippen molar-refractivity contribution < 1.29 is 13.6 Å². The molecule has 2 N–H and O–H groups in total. The summed E-state index contributed by atoms with van der Waals surface area (Å²) < 4.78 is 29.2. The first-order valence-corrected chi connectivity index (χ1v) is 9.98. The average molecular weight is 435 g/mol. The minimum absolute atomic E-state index is 0.278. The van der Waals surface area contributed by atoms with Crippen molar-refractivity contribution in [2.75, 3.05) is 6.54 Å². The SMILES string of the molecule is Cn1nc2c(c1-c1cc(F)cc(F)c1)CCN(C(=O)c1ccccc1-n1nccn1)[C@H]2N. The van der Waals surface area contributed by atoms with E-state index in [1.165, 1.54) is 34.2 Å². The lowest BCUT2D eigenvalue weighted by atomic mass is 9.97. The molecule has 5 rings (SSSR count). The fraction of sp³-hybridized carbons (Fsp3) is 0.182. The summed E-state index contributed by atoms with van der Waals surface area (Å²) in [5.41, 5.74) is 9.64. The number of hydrogen-bond acceptors (Lipinski definition) is 5. The fourth-order valence-corrected chi connectivity index (χ4v) is 4.19. The summed E-state index contributed by atoms with van der Waals surface area (Å²) in [5, 5.41) is 12.7. The van der Waals surface area contributed by atoms with Crippen molar-refractivity contribution in [3.63, 3.8) is 0 Å². The van der Waals surface area contributed by atoms with Crippen molar-refractivity contribution in [1.82, 2.24) is 29.7 Å². The molecule has 1 aliphatic rings. The first-order chi connectivity index (χ1) is 15.4. The highest BCUT2D eigenvalue weighted by molar-refractivity contribution is 5.98. The van der Waals surface area contributed by atoms with Gasteiger partial charge in [0.2, 0.25) is 0 Å². The molecule has 162 valence electrons. The van der Waals surface area contributed by atoms with E-state index in [2.05, 4.69) is 15.3 Å². The van der Waals surface area contributed by atoms with Gasteiger partial charge in [0.25, 0.3) is 5.91 Å². The van der Waals surface area contributed by atoms with Crippen molar-refractivity contribution in [3.05, 3.63) is 83.3 Å². The quantitative estimate of drug-likeness (QED) is 0.534. The smallest absolute Gasteiger partial charge is 0.257 e. The van der Waals surface area contributed by atoms with Gasteiger partial charge in [0.15, 0.2) is 0 Å². The lowest BCUT2D eigenvalue weighted by molar-refractivity contribution is 0.0661. The Hall–Kier alpha value is -3.92. The molecule has 1 atom stereocenters. The Morgan fingerprint density at radius 1 is 1.09 bits per heavy atom. The van der Waals surface area contributed by atoms with Crippen LogP contribution in [0.1, 0.15) is 27.8 Å². The van der Waals surface area contributed by atoms with E-state index in [9.17, 15) is 13.6 Å². The van der Waals surface area contributed by atoms with Crippen LogP contribution < -0.4 is 5.73 Å². The molecule has 0 saturated carbocycles. The number of rotatable bonds is 3. The molecule has 0 aliphatic carbocycles. The van der Waals surface area contributed by atoms with Gasteiger partial charge in [-0.25, -0.2) is 8.78 Å². The second kappa shape index (κ2) is 7.65. The molecule has 1 amide bonds. The summed E-state index contributed by atoms with van der Waals surface area (Å²) in [6.45, 7) is 0.324. The summed E-state index contributed by atoms with van der Waals surface area (Å²) in [6, 6.07) is 10.4. The first-order valence-electron chi connectivity index (χ1n) is 9.98. The molecule has 0 unspecified atom stereocenters. The molecule has 2 aromatic heterocycles. The van der Waals surface area contributed by atoms with Gasteiger partial charge in [-0.1, -0.05) is 12.1 Å². The van der Waals surface area contributed by atoms with Crippen LogP contribution in [0.15, 0.2) is 54.9 Å². The molecule has 2 aromatic carbocycles. The van der Waals surface area contributed by atoms with E-state index in [0.29, 0.717) is 41.2 Å². The highest BCUT2D eigenvalue weighted by atomic mass is 19.1. The molecular weight excluding hydrogens is 416 g/mol. The summed E-state index contributed by atoms with van der Waals surface area (Å²) >= 11 is 0. The molecule has 0 bridgehead atoms. The number of fused-ring (bicyclic) bond motifs is 1. The first kappa shape index (κ1) is 20.0. The minimum atomic E-state index is -0.816. The van der Waals surface area contributed by atoms with Crippen molar-refractivity contribution in [3.8, 4) is 16.9 Å². The van der Waals surface area contributed by atoms with Crippen molar-refractivity contribution in [1.29, 1.82) is 0 Å². The van der Waals surface area contributed by atoms with Crippen LogP contribution in [0.2, 0.25) is 0 Å². The largest absolute Gasteiger partial charge is 0.317 e. The van der Waals surface area contributed by atoms with E-state index in [1.807, 2.05) is 0 Å². The molecular formula is C22H19F2N7O. The van der Waals surface area contributed by atoms with Gasteiger partial charge in [-0.2, -0.15) is 20.1 Å². The van der Waals surface area contributed by atoms with E-state index in [-0.39, 0.29) is 5.91 Å². The summed E-state index contributed by atoms with van der Waals surface area (Å²) in [5.74, 6) is -1.62. The van der Waals surface area contributed by atoms with Crippen LogP contribution in [0.5, 0.6) is 0 Å². The van der Waals surface area contributed by atoms with Gasteiger partial charge >= 0.3 is 0 Å². The van der Waals surface area contributed by atoms with E-state index >= 15 is 0 Å². The van der Waals surface area contributed by atoms with Crippen LogP contribution in [-0.4, -0.2) is 42.1 Å². The minimum Gasteiger partial charge on any atom is -0.317 e. The second-order valence-corrected chi connectivity index (χ2v) is 7.52. The summed E-state index contributed by atoms with van der Waals surface area (Å²) in [4.78, 5) is 16.3. The second-order valence-electron chi connectivity index (χ2n) is 7.52. The van der Waals surface area contributed by atoms with Gasteiger partial charge < -0.3 is 10.6 Å². The van der Waals surface area contributed by atoms with E-state index in [0.717, 1.165) is 11.6 Å². The Morgan fingerprint density at radius 2 is 1.78 bits per heavy atom. The standard InChI is InChI=1S/C22H19F2N7O/c1-29-20(13-10-14(23)12-15(24)11-13)17-6-9-30(21(25)19(17)28-29)22(32)16-4-2-3-5-18(16)31-26-7-8-27-31/h2-5,7-8,10-12,21H,6,9,25H2,1H3/t21-/m1/s1. The molecule has 8 nitrogen and oxygen atoms in total. The van der Waals surface area contributed by atoms with Gasteiger partial charge in [-0.15, -0.1) is 0 Å². The fourth-order valence-electron chi connectivity index (χ4n) is 4.19. The lowest BCUT2D eigenvalue weighted by Gasteiger charge is -2.33. The van der Waals surface area contributed by atoms with Gasteiger partial charge in [-0.05, 0) is 30.7 Å². The third kappa shape index (κ3) is 3.25. The molecule has 1 aliphatic heterocycles. The number of hydrogen-bond donors (Lipinski definition) is 1. The van der Waals surface area contributed by atoms with E-state index < -0.39 is 17.8 Å². The van der Waals surface area contributed by atoms with E-state index in [4.69, 9.17) is 5.73 Å². The maximum absolute atomic E-state index is 13.8. The molecule has 4 aromatic rings. The third-order valence-corrected chi connectivity index (χ3v) is 5.56. The number of carbonyl (C=O) groups is 1. The molecule has 0 saturated heterocycles. The molecule has 10 heteroatoms. The van der Waals surface area contributed by atoms with Crippen LogP contribution in [-0.2, 0) is 13.5 Å². The topological polar surface area (TPSA) is 94.9 Å². The predicted octanol–water partition coefficient (Wildman–Crippen LogP) is 2.60. The third-order valence-electron chi connectivity index (χ3n) is 5.56. The average Bonchev–Trinajstić information content (AvgIpc) is 3.41. The number of benzene rings is 2. The number of amides is 1. The van der Waals surface area contributed by atoms with Gasteiger partial charge in [0.05, 0.1) is 29.3 Å². The zero-order valence-electron chi connectivity index (χ0n) is 17.1. The monoisotopic (exact) mass is 435 g/mol. The number of carbonyl (C=O) groups excluding carboxylic acids is 1. The van der Waals surface area contributed by atoms with Gasteiger partial charge in [0, 0.05) is 30.8 Å². The molecule has 3 heterocycles. The van der Waals surface area contributed by atoms with Crippen LogP contribution in [0.4, 0.5) is 8.78 Å². The van der Waals surface area contributed by atoms with Crippen LogP contribution in [0, 0.1) is 11.6 Å². The Labute approximate surface area is 181 Å². The highest BCUT2D eigenvalue weighted by Crippen LogP contribution is 2.35. The molecule has 0 spiro atoms. The number of aromatic nitrogens is 5. The Kier molecular flexibility index (Phi) is 4.78. The predicted molar refractivity (Wildman–Crippen MR) is 112 cm³/mol. The van der Waals surface area contributed by atoms with Crippen molar-refractivity contribution in [2.45, 2.75) is 12.6 Å². The number of aryl methyl sites for hydroxylation is 1. The molecule has 0 radical (unpaired) electrons. The number of nitrogens with zero attached hydrogens (tertiary/aromatic N) is 6. The van der Waals surface area contributed by atoms with E-state index in [1.54, 1.807) is 36.0 Å². The Balaban J connectivity index is 1.52. The Bertz CT molecular complexity index is 1300. The number of para-hydroxylation sites is 1. The van der Waals surface area contributed by atoms with Crippen LogP contribution in [0.3, 0.4) is 0 Å². The molecule has 0 fully saturated rings. The Morgan fingerprint density at radius 3 is 2.50 bits per heavy atom. The zero-order valence-corrected chi connectivity index (χ0v) is 17.1. The van der Waals surface area contributed by atoms with Gasteiger partial charge in [-0.3, -0.25) is 9.48 Å². The summed E-state index contributed by atoms with van der Waals surface area (Å²) in [7, 11) is 1.69. The van der Waals surface area contributed by atoms with Crippen molar-refractivity contribution >= 4 is 5.91 Å². The van der Waals surface area contributed by atoms with Crippen LogP contribution in [0.25, 0.3) is 16.9 Å². The number of halogens is 2. The van der Waals surface area contributed by atoms with Crippen molar-refractivity contribution in [2.24, 2.45) is 12.8 Å². The zero-order chi connectivity index (χ0) is 22.4. The number of nitrogens with two attached hydrogens (primary N) is 1.